The third-order valence-corrected chi connectivity index (χ3v) is 5.73. The lowest BCUT2D eigenvalue weighted by Gasteiger charge is -2.40. The van der Waals surface area contributed by atoms with Crippen molar-refractivity contribution in [3.8, 4) is 0 Å². The van der Waals surface area contributed by atoms with Crippen LogP contribution in [-0.2, 0) is 16.6 Å². The van der Waals surface area contributed by atoms with Crippen molar-refractivity contribution in [2.24, 2.45) is 7.05 Å². The van der Waals surface area contributed by atoms with Gasteiger partial charge in [-0.2, -0.15) is 0 Å². The van der Waals surface area contributed by atoms with Crippen molar-refractivity contribution in [1.29, 1.82) is 0 Å². The quantitative estimate of drug-likeness (QED) is 0.677. The van der Waals surface area contributed by atoms with Crippen LogP contribution in [0.4, 0.5) is 14.5 Å². The molecule has 2 fully saturated rings. The second-order valence-electron chi connectivity index (χ2n) is 8.42. The highest BCUT2D eigenvalue weighted by Gasteiger charge is 2.43. The molecule has 0 radical (unpaired) electrons. The number of nitrogens with zero attached hydrogens (tertiary/aromatic N) is 2. The van der Waals surface area contributed by atoms with Crippen molar-refractivity contribution in [3.05, 3.63) is 28.7 Å². The minimum absolute atomic E-state index is 0.203. The number of fused-ring (bicyclic) bond motifs is 1. The molecule has 0 amide bonds. The van der Waals surface area contributed by atoms with Gasteiger partial charge in [0.2, 0.25) is 0 Å². The minimum atomic E-state index is -2.58. The molecule has 7 nitrogen and oxygen atoms in total. The molecule has 180 valence electrons. The van der Waals surface area contributed by atoms with E-state index >= 15 is 0 Å². The van der Waals surface area contributed by atoms with Crippen LogP contribution < -0.4 is 15.9 Å². The smallest absolute Gasteiger partial charge is 0.326 e. The van der Waals surface area contributed by atoms with Gasteiger partial charge in [0.25, 0.3) is 5.92 Å². The van der Waals surface area contributed by atoms with Crippen LogP contribution >= 0.6 is 0 Å². The zero-order valence-corrected chi connectivity index (χ0v) is 19.5. The Balaban J connectivity index is 0.000000213. The van der Waals surface area contributed by atoms with Crippen molar-refractivity contribution < 1.29 is 18.3 Å². The molecule has 1 aromatic carbocycles. The summed E-state index contributed by atoms with van der Waals surface area (Å²) in [6.45, 7) is 3.96. The Labute approximate surface area is 188 Å². The molecule has 9 heteroatoms. The number of alkyl halides is 2. The van der Waals surface area contributed by atoms with Gasteiger partial charge in [0.15, 0.2) is 0 Å². The maximum absolute atomic E-state index is 12.8. The van der Waals surface area contributed by atoms with Gasteiger partial charge in [-0.1, -0.05) is 19.3 Å². The van der Waals surface area contributed by atoms with Crippen LogP contribution in [-0.4, -0.2) is 60.6 Å². The lowest BCUT2D eigenvalue weighted by Crippen LogP contribution is -2.56. The number of H-pyrrole nitrogens is 1. The maximum atomic E-state index is 12.8. The number of likely N-dealkylation sites (N-methyl/N-ethyl adjacent to an activating group) is 1. The predicted octanol–water partition coefficient (Wildman–Crippen LogP) is 3.47. The number of benzene rings is 1. The molecule has 2 N–H and O–H groups in total. The van der Waals surface area contributed by atoms with E-state index in [1.165, 1.54) is 43.6 Å². The third kappa shape index (κ3) is 7.41. The van der Waals surface area contributed by atoms with Crippen molar-refractivity contribution in [1.82, 2.24) is 14.9 Å². The molecule has 1 unspecified atom stereocenters. The van der Waals surface area contributed by atoms with Gasteiger partial charge in [-0.25, -0.2) is 13.6 Å². The van der Waals surface area contributed by atoms with E-state index in [1.807, 2.05) is 7.05 Å². The van der Waals surface area contributed by atoms with Crippen LogP contribution in [0.15, 0.2) is 23.0 Å². The summed E-state index contributed by atoms with van der Waals surface area (Å²) in [7, 11) is 3.63. The summed E-state index contributed by atoms with van der Waals surface area (Å²) in [5.41, 5.74) is 1.96. The third-order valence-electron chi connectivity index (χ3n) is 5.73. The SMILES string of the molecule is CC=O.CNC(C)COC1CCCCC1.Cn1c(=O)[nH]c2ccc(N3CC(F)(F)C3)cc21. The molecule has 1 saturated carbocycles. The number of ether oxygens (including phenoxy) is 1. The van der Waals surface area contributed by atoms with Crippen LogP contribution in [0.25, 0.3) is 11.0 Å². The second-order valence-corrected chi connectivity index (χ2v) is 8.42. The number of carbonyl (C=O) groups is 1. The first-order valence-electron chi connectivity index (χ1n) is 11.2. The van der Waals surface area contributed by atoms with Crippen LogP contribution in [0.3, 0.4) is 0 Å². The molecule has 32 heavy (non-hydrogen) atoms. The van der Waals surface area contributed by atoms with Crippen molar-refractivity contribution in [2.75, 3.05) is 31.6 Å². The number of aldehydes is 1. The van der Waals surface area contributed by atoms with Crippen molar-refractivity contribution in [2.45, 2.75) is 64.0 Å². The predicted molar refractivity (Wildman–Crippen MR) is 124 cm³/mol. The number of anilines is 1. The molecule has 2 aromatic rings. The largest absolute Gasteiger partial charge is 0.377 e. The number of hydrogen-bond acceptors (Lipinski definition) is 5. The average molecular weight is 455 g/mol. The normalized spacial score (nSPS) is 18.6. The standard InChI is InChI=1S/C11H11F2N3O.C10H21NO.C2H4O/c1-15-9-4-7(16-5-11(12,13)6-16)2-3-8(9)14-10(15)17;1-9(11-2)8-12-10-6-4-3-5-7-10;1-2-3/h2-4H,5-6H2,1H3,(H,14,17);9-11H,3-8H2,1-2H3;2H,1H3. The van der Waals surface area contributed by atoms with E-state index in [2.05, 4.69) is 17.2 Å². The van der Waals surface area contributed by atoms with E-state index in [4.69, 9.17) is 9.53 Å². The molecular weight excluding hydrogens is 418 g/mol. The molecule has 1 atom stereocenters. The van der Waals surface area contributed by atoms with Crippen LogP contribution in [0.5, 0.6) is 0 Å². The molecular formula is C23H36F2N4O3. The Morgan fingerprint density at radius 3 is 2.47 bits per heavy atom. The van der Waals surface area contributed by atoms with Gasteiger partial charge in [-0.3, -0.25) is 4.57 Å². The first-order chi connectivity index (χ1) is 15.2. The Hall–Kier alpha value is -2.26. The number of imidazole rings is 1. The highest BCUT2D eigenvalue weighted by atomic mass is 19.3. The van der Waals surface area contributed by atoms with E-state index in [0.29, 0.717) is 17.7 Å². The fraction of sp³-hybridized carbons (Fsp3) is 0.652. The van der Waals surface area contributed by atoms with E-state index in [1.54, 1.807) is 30.1 Å². The maximum Gasteiger partial charge on any atom is 0.326 e. The summed E-state index contributed by atoms with van der Waals surface area (Å²) in [5, 5.41) is 3.18. The highest BCUT2D eigenvalue weighted by Crippen LogP contribution is 2.32. The van der Waals surface area contributed by atoms with Crippen LogP contribution in [0, 0.1) is 0 Å². The summed E-state index contributed by atoms with van der Waals surface area (Å²) in [6, 6.07) is 5.73. The number of aromatic amines is 1. The molecule has 1 aliphatic carbocycles. The van der Waals surface area contributed by atoms with Gasteiger partial charge in [-0.05, 0) is 51.9 Å². The Kier molecular flexibility index (Phi) is 9.84. The molecule has 4 rings (SSSR count). The summed E-state index contributed by atoms with van der Waals surface area (Å²) in [5.74, 6) is -2.58. The number of aryl methyl sites for hydroxylation is 1. The van der Waals surface area contributed by atoms with E-state index < -0.39 is 5.92 Å². The number of aromatic nitrogens is 2. The summed E-state index contributed by atoms with van der Waals surface area (Å²) < 4.78 is 32.8. The number of rotatable bonds is 5. The highest BCUT2D eigenvalue weighted by molar-refractivity contribution is 5.80. The average Bonchev–Trinajstić information content (AvgIpc) is 3.05. The van der Waals surface area contributed by atoms with Gasteiger partial charge in [0.05, 0.1) is 36.8 Å². The first-order valence-corrected chi connectivity index (χ1v) is 11.2. The Morgan fingerprint density at radius 1 is 1.28 bits per heavy atom. The van der Waals surface area contributed by atoms with E-state index in [-0.39, 0.29) is 18.8 Å². The van der Waals surface area contributed by atoms with Gasteiger partial charge in [0, 0.05) is 18.8 Å². The monoisotopic (exact) mass is 454 g/mol. The number of halogens is 2. The molecule has 0 spiro atoms. The van der Waals surface area contributed by atoms with Gasteiger partial charge >= 0.3 is 5.69 Å². The molecule has 1 aromatic heterocycles. The zero-order valence-electron chi connectivity index (χ0n) is 19.5. The van der Waals surface area contributed by atoms with Gasteiger partial charge < -0.3 is 24.7 Å². The Bertz CT molecular complexity index is 898. The lowest BCUT2D eigenvalue weighted by molar-refractivity contribution is -0.106. The van der Waals surface area contributed by atoms with Gasteiger partial charge in [0.1, 0.15) is 6.29 Å². The number of nitrogens with one attached hydrogen (secondary N) is 2. The van der Waals surface area contributed by atoms with E-state index in [0.717, 1.165) is 24.1 Å². The number of carbonyl (C=O) groups excluding carboxylic acids is 1. The number of hydrogen-bond donors (Lipinski definition) is 2. The summed E-state index contributed by atoms with van der Waals surface area (Å²) in [4.78, 5) is 24.5. The van der Waals surface area contributed by atoms with Crippen molar-refractivity contribution >= 4 is 23.0 Å². The van der Waals surface area contributed by atoms with Gasteiger partial charge in [-0.15, -0.1) is 0 Å². The van der Waals surface area contributed by atoms with Crippen LogP contribution in [0.1, 0.15) is 46.0 Å². The molecule has 1 aliphatic heterocycles. The summed E-state index contributed by atoms with van der Waals surface area (Å²) in [6.07, 6.45) is 7.97. The lowest BCUT2D eigenvalue weighted by atomic mass is 9.98. The van der Waals surface area contributed by atoms with Crippen LogP contribution in [0.2, 0.25) is 0 Å². The van der Waals surface area contributed by atoms with Crippen molar-refractivity contribution in [3.63, 3.8) is 0 Å². The summed E-state index contributed by atoms with van der Waals surface area (Å²) >= 11 is 0. The topological polar surface area (TPSA) is 79.4 Å². The molecule has 0 bridgehead atoms. The fourth-order valence-electron chi connectivity index (χ4n) is 3.70. The molecule has 1 saturated heterocycles. The first kappa shape index (κ1) is 26.0. The molecule has 2 aliphatic rings. The van der Waals surface area contributed by atoms with E-state index in [9.17, 15) is 13.6 Å². The molecule has 2 heterocycles. The second kappa shape index (κ2) is 12.1. The zero-order chi connectivity index (χ0) is 23.7. The minimum Gasteiger partial charge on any atom is -0.377 e. The Morgan fingerprint density at radius 2 is 1.91 bits per heavy atom. The fourth-order valence-corrected chi connectivity index (χ4v) is 3.70.